The lowest BCUT2D eigenvalue weighted by Crippen LogP contribution is -2.24. The molecule has 0 saturated carbocycles. The maximum absolute atomic E-state index is 12.0. The molecular weight excluding hydrogens is 268 g/mol. The molecule has 2 nitrogen and oxygen atoms in total. The highest BCUT2D eigenvalue weighted by Crippen LogP contribution is 2.30. The van der Waals surface area contributed by atoms with E-state index in [-0.39, 0.29) is 17.5 Å². The third-order valence-corrected chi connectivity index (χ3v) is 3.48. The van der Waals surface area contributed by atoms with Gasteiger partial charge >= 0.3 is 0 Å². The summed E-state index contributed by atoms with van der Waals surface area (Å²) in [6.07, 6.45) is 0.560. The van der Waals surface area contributed by atoms with E-state index in [9.17, 15) is 9.59 Å². The molecule has 1 aromatic carbocycles. The lowest BCUT2D eigenvalue weighted by molar-refractivity contribution is -0.124. The van der Waals surface area contributed by atoms with E-state index < -0.39 is 5.92 Å². The molecular formula is C13H13BrO2. The molecule has 0 spiro atoms. The molecule has 16 heavy (non-hydrogen) atoms. The Kier molecular flexibility index (Phi) is 2.98. The van der Waals surface area contributed by atoms with Gasteiger partial charge in [-0.15, -0.1) is 0 Å². The summed E-state index contributed by atoms with van der Waals surface area (Å²) in [6, 6.07) is 5.58. The third kappa shape index (κ3) is 1.84. The zero-order chi connectivity index (χ0) is 11.9. The Morgan fingerprint density at radius 3 is 2.75 bits per heavy atom. The molecule has 1 aliphatic rings. The first-order chi connectivity index (χ1) is 7.50. The number of rotatable bonds is 2. The molecule has 1 unspecified atom stereocenters. The lowest BCUT2D eigenvalue weighted by Gasteiger charge is -2.09. The Hall–Kier alpha value is -0.960. The van der Waals surface area contributed by atoms with Crippen LogP contribution in [0, 0.1) is 11.8 Å². The molecule has 1 aliphatic carbocycles. The minimum atomic E-state index is -0.454. The number of carbonyl (C=O) groups excluding carboxylic acids is 2. The van der Waals surface area contributed by atoms with Crippen molar-refractivity contribution >= 4 is 27.5 Å². The van der Waals surface area contributed by atoms with Crippen LogP contribution in [0.1, 0.15) is 29.8 Å². The number of benzene rings is 1. The molecule has 0 aliphatic heterocycles. The van der Waals surface area contributed by atoms with Gasteiger partial charge in [-0.25, -0.2) is 0 Å². The molecule has 0 amide bonds. The number of fused-ring (bicyclic) bond motifs is 1. The van der Waals surface area contributed by atoms with Crippen LogP contribution in [0.4, 0.5) is 0 Å². The third-order valence-electron chi connectivity index (χ3n) is 2.99. The van der Waals surface area contributed by atoms with Gasteiger partial charge in [0.1, 0.15) is 5.78 Å². The van der Waals surface area contributed by atoms with Gasteiger partial charge in [0.15, 0.2) is 5.78 Å². The first kappa shape index (κ1) is 11.5. The van der Waals surface area contributed by atoms with Crippen LogP contribution in [0.3, 0.4) is 0 Å². The van der Waals surface area contributed by atoms with E-state index in [0.29, 0.717) is 12.0 Å². The van der Waals surface area contributed by atoms with Crippen molar-refractivity contribution in [3.8, 4) is 0 Å². The fourth-order valence-corrected chi connectivity index (χ4v) is 2.51. The fourth-order valence-electron chi connectivity index (χ4n) is 2.10. The Morgan fingerprint density at radius 2 is 2.12 bits per heavy atom. The van der Waals surface area contributed by atoms with Crippen molar-refractivity contribution < 1.29 is 9.59 Å². The maximum atomic E-state index is 12.0. The van der Waals surface area contributed by atoms with Crippen LogP contribution in [0.15, 0.2) is 22.7 Å². The van der Waals surface area contributed by atoms with Gasteiger partial charge in [-0.1, -0.05) is 29.8 Å². The van der Waals surface area contributed by atoms with Gasteiger partial charge in [-0.2, -0.15) is 0 Å². The molecule has 3 heteroatoms. The molecule has 0 saturated heterocycles. The summed E-state index contributed by atoms with van der Waals surface area (Å²) in [7, 11) is 0. The molecule has 84 valence electrons. The number of ketones is 2. The number of carbonyl (C=O) groups is 2. The molecule has 0 bridgehead atoms. The Labute approximate surface area is 103 Å². The number of Topliss-reactive ketones (excluding diaryl/α,β-unsaturated/α-hetero) is 2. The minimum absolute atomic E-state index is 0.0128. The molecule has 0 radical (unpaired) electrons. The van der Waals surface area contributed by atoms with Crippen molar-refractivity contribution in [2.24, 2.45) is 11.8 Å². The highest BCUT2D eigenvalue weighted by Gasteiger charge is 2.36. The lowest BCUT2D eigenvalue weighted by atomic mass is 9.92. The Morgan fingerprint density at radius 1 is 1.44 bits per heavy atom. The summed E-state index contributed by atoms with van der Waals surface area (Å²) in [5, 5.41) is 0. The van der Waals surface area contributed by atoms with Crippen LogP contribution >= 0.6 is 15.9 Å². The highest BCUT2D eigenvalue weighted by atomic mass is 79.9. The van der Waals surface area contributed by atoms with Gasteiger partial charge in [0, 0.05) is 16.0 Å². The van der Waals surface area contributed by atoms with Crippen LogP contribution in [-0.4, -0.2) is 11.6 Å². The smallest absolute Gasteiger partial charge is 0.173 e. The highest BCUT2D eigenvalue weighted by molar-refractivity contribution is 9.10. The predicted molar refractivity (Wildman–Crippen MR) is 65.5 cm³/mol. The van der Waals surface area contributed by atoms with Crippen LogP contribution < -0.4 is 0 Å². The van der Waals surface area contributed by atoms with Gasteiger partial charge in [0.25, 0.3) is 0 Å². The average Bonchev–Trinajstić information content (AvgIpc) is 2.54. The van der Waals surface area contributed by atoms with Crippen LogP contribution in [0.5, 0.6) is 0 Å². The number of hydrogen-bond acceptors (Lipinski definition) is 2. The summed E-state index contributed by atoms with van der Waals surface area (Å²) < 4.78 is 0.955. The van der Waals surface area contributed by atoms with Crippen molar-refractivity contribution in [1.29, 1.82) is 0 Å². The zero-order valence-corrected chi connectivity index (χ0v) is 10.9. The molecule has 1 atom stereocenters. The second-order valence-corrected chi connectivity index (χ2v) is 5.40. The second kappa shape index (κ2) is 4.13. The summed E-state index contributed by atoms with van der Waals surface area (Å²) >= 11 is 3.37. The molecule has 0 aromatic heterocycles. The van der Waals surface area contributed by atoms with Crippen molar-refractivity contribution in [3.63, 3.8) is 0 Å². The topological polar surface area (TPSA) is 34.1 Å². The van der Waals surface area contributed by atoms with Crippen molar-refractivity contribution in [2.45, 2.75) is 20.3 Å². The standard InChI is InChI=1S/C13H13BrO2/c1-7(2)12(15)11-6-8-5-9(14)3-4-10(8)13(11)16/h3-5,7,11H,6H2,1-2H3. The van der Waals surface area contributed by atoms with Gasteiger partial charge in [-0.05, 0) is 30.2 Å². The Bertz CT molecular complexity index is 463. The molecule has 0 fully saturated rings. The second-order valence-electron chi connectivity index (χ2n) is 4.48. The van der Waals surface area contributed by atoms with E-state index in [2.05, 4.69) is 15.9 Å². The molecule has 0 heterocycles. The molecule has 1 aromatic rings. The summed E-state index contributed by atoms with van der Waals surface area (Å²) in [6.45, 7) is 3.68. The molecule has 2 rings (SSSR count). The van der Waals surface area contributed by atoms with Crippen LogP contribution in [0.25, 0.3) is 0 Å². The van der Waals surface area contributed by atoms with E-state index in [0.717, 1.165) is 10.0 Å². The van der Waals surface area contributed by atoms with Crippen LogP contribution in [0.2, 0.25) is 0 Å². The zero-order valence-electron chi connectivity index (χ0n) is 9.29. The monoisotopic (exact) mass is 280 g/mol. The van der Waals surface area contributed by atoms with E-state index >= 15 is 0 Å². The fraction of sp³-hybridized carbons (Fsp3) is 0.385. The van der Waals surface area contributed by atoms with Gasteiger partial charge in [0.2, 0.25) is 0 Å². The number of halogens is 1. The van der Waals surface area contributed by atoms with E-state index in [1.54, 1.807) is 6.07 Å². The van der Waals surface area contributed by atoms with E-state index in [4.69, 9.17) is 0 Å². The SMILES string of the molecule is CC(C)C(=O)C1Cc2cc(Br)ccc2C1=O. The van der Waals surface area contributed by atoms with Gasteiger partial charge in [-0.3, -0.25) is 9.59 Å². The predicted octanol–water partition coefficient (Wildman–Crippen LogP) is 3.03. The summed E-state index contributed by atoms with van der Waals surface area (Å²) in [5.74, 6) is -0.491. The van der Waals surface area contributed by atoms with Gasteiger partial charge < -0.3 is 0 Å². The summed E-state index contributed by atoms with van der Waals surface area (Å²) in [5.41, 5.74) is 1.69. The first-order valence-electron chi connectivity index (χ1n) is 5.37. The molecule has 0 N–H and O–H groups in total. The van der Waals surface area contributed by atoms with Crippen LogP contribution in [-0.2, 0) is 11.2 Å². The van der Waals surface area contributed by atoms with E-state index in [1.165, 1.54) is 0 Å². The van der Waals surface area contributed by atoms with Crippen molar-refractivity contribution in [1.82, 2.24) is 0 Å². The van der Waals surface area contributed by atoms with Crippen molar-refractivity contribution in [3.05, 3.63) is 33.8 Å². The van der Waals surface area contributed by atoms with E-state index in [1.807, 2.05) is 26.0 Å². The van der Waals surface area contributed by atoms with Gasteiger partial charge in [0.05, 0.1) is 5.92 Å². The minimum Gasteiger partial charge on any atom is -0.299 e. The normalized spacial score (nSPS) is 19.0. The van der Waals surface area contributed by atoms with Crippen molar-refractivity contribution in [2.75, 3.05) is 0 Å². The largest absolute Gasteiger partial charge is 0.299 e. The first-order valence-corrected chi connectivity index (χ1v) is 6.16. The number of hydrogen-bond donors (Lipinski definition) is 0. The average molecular weight is 281 g/mol. The Balaban J connectivity index is 2.34. The quantitative estimate of drug-likeness (QED) is 0.781. The maximum Gasteiger partial charge on any atom is 0.173 e. The summed E-state index contributed by atoms with van der Waals surface area (Å²) in [4.78, 5) is 23.9.